The monoisotopic (exact) mass is 337 g/mol. The van der Waals surface area contributed by atoms with Crippen LogP contribution in [0, 0.1) is 0 Å². The van der Waals surface area contributed by atoms with Crippen molar-refractivity contribution in [2.24, 2.45) is 4.99 Å². The minimum Gasteiger partial charge on any atom is -0.357 e. The van der Waals surface area contributed by atoms with E-state index in [-0.39, 0.29) is 24.0 Å². The highest BCUT2D eigenvalue weighted by Crippen LogP contribution is 1.93. The van der Waals surface area contributed by atoms with Gasteiger partial charge in [0, 0.05) is 19.3 Å². The van der Waals surface area contributed by atoms with Gasteiger partial charge in [0.1, 0.15) is 0 Å². The van der Waals surface area contributed by atoms with Gasteiger partial charge in [-0.3, -0.25) is 5.10 Å². The van der Waals surface area contributed by atoms with Crippen molar-refractivity contribution in [1.29, 1.82) is 0 Å². The van der Waals surface area contributed by atoms with E-state index in [2.05, 4.69) is 39.7 Å². The molecule has 0 amide bonds. The molecule has 0 aromatic carbocycles. The summed E-state index contributed by atoms with van der Waals surface area (Å²) in [5.41, 5.74) is 1.02. The van der Waals surface area contributed by atoms with Crippen molar-refractivity contribution in [1.82, 2.24) is 20.8 Å². The Hall–Kier alpha value is -0.790. The molecule has 3 N–H and O–H groups in total. The van der Waals surface area contributed by atoms with Crippen LogP contribution in [0.25, 0.3) is 0 Å². The van der Waals surface area contributed by atoms with E-state index >= 15 is 0 Å². The second kappa shape index (κ2) is 9.44. The zero-order valence-electron chi connectivity index (χ0n) is 9.79. The molecular weight excluding hydrogens is 317 g/mol. The van der Waals surface area contributed by atoms with Crippen molar-refractivity contribution < 1.29 is 0 Å². The van der Waals surface area contributed by atoms with E-state index < -0.39 is 0 Å². The first-order valence-electron chi connectivity index (χ1n) is 5.37. The van der Waals surface area contributed by atoms with Crippen molar-refractivity contribution in [2.45, 2.75) is 26.8 Å². The number of aromatic nitrogens is 2. The van der Waals surface area contributed by atoms with Gasteiger partial charge in [-0.25, -0.2) is 4.99 Å². The van der Waals surface area contributed by atoms with E-state index in [0.717, 1.165) is 31.2 Å². The van der Waals surface area contributed by atoms with Gasteiger partial charge >= 0.3 is 0 Å². The number of hydrogen-bond acceptors (Lipinski definition) is 2. The van der Waals surface area contributed by atoms with Crippen molar-refractivity contribution in [2.75, 3.05) is 13.1 Å². The molecule has 0 fully saturated rings. The first-order chi connectivity index (χ1) is 7.36. The second-order valence-electron chi connectivity index (χ2n) is 3.20. The van der Waals surface area contributed by atoms with Crippen LogP contribution in [-0.4, -0.2) is 29.2 Å². The molecule has 1 rings (SSSR count). The summed E-state index contributed by atoms with van der Waals surface area (Å²) in [6.07, 6.45) is 2.83. The number of nitrogens with one attached hydrogen (secondary N) is 3. The van der Waals surface area contributed by atoms with Crippen LogP contribution in [0.1, 0.15) is 26.0 Å². The topological polar surface area (TPSA) is 65.1 Å². The minimum absolute atomic E-state index is 0. The fraction of sp³-hybridized carbons (Fsp3) is 0.600. The van der Waals surface area contributed by atoms with Gasteiger partial charge in [0.05, 0.1) is 12.2 Å². The molecular formula is C10H20IN5. The lowest BCUT2D eigenvalue weighted by Gasteiger charge is -2.09. The van der Waals surface area contributed by atoms with E-state index in [0.29, 0.717) is 6.54 Å². The molecule has 0 bridgehead atoms. The maximum atomic E-state index is 4.42. The quantitative estimate of drug-likeness (QED) is 0.433. The van der Waals surface area contributed by atoms with Gasteiger partial charge in [-0.1, -0.05) is 6.92 Å². The fourth-order valence-electron chi connectivity index (χ4n) is 1.12. The van der Waals surface area contributed by atoms with Gasteiger partial charge < -0.3 is 10.6 Å². The lowest BCUT2D eigenvalue weighted by Crippen LogP contribution is -2.37. The Labute approximate surface area is 114 Å². The van der Waals surface area contributed by atoms with E-state index in [9.17, 15) is 0 Å². The Morgan fingerprint density at radius 2 is 2.25 bits per heavy atom. The third kappa shape index (κ3) is 5.94. The van der Waals surface area contributed by atoms with Crippen LogP contribution in [0.4, 0.5) is 0 Å². The summed E-state index contributed by atoms with van der Waals surface area (Å²) < 4.78 is 0. The third-order valence-electron chi connectivity index (χ3n) is 1.85. The summed E-state index contributed by atoms with van der Waals surface area (Å²) in [7, 11) is 0. The van der Waals surface area contributed by atoms with Gasteiger partial charge in [0.15, 0.2) is 5.96 Å². The smallest absolute Gasteiger partial charge is 0.191 e. The Kier molecular flexibility index (Phi) is 8.97. The highest BCUT2D eigenvalue weighted by atomic mass is 127. The highest BCUT2D eigenvalue weighted by molar-refractivity contribution is 14.0. The molecule has 0 unspecified atom stereocenters. The van der Waals surface area contributed by atoms with E-state index in [1.54, 1.807) is 6.20 Å². The van der Waals surface area contributed by atoms with E-state index in [4.69, 9.17) is 0 Å². The number of guanidine groups is 1. The second-order valence-corrected chi connectivity index (χ2v) is 3.20. The summed E-state index contributed by atoms with van der Waals surface area (Å²) in [5, 5.41) is 13.2. The molecule has 1 aromatic heterocycles. The Morgan fingerprint density at radius 3 is 2.81 bits per heavy atom. The SMILES string of the molecule is CCCNC(=NCc1ccn[nH]1)NCC.I. The molecule has 5 nitrogen and oxygen atoms in total. The van der Waals surface area contributed by atoms with Gasteiger partial charge in [-0.2, -0.15) is 5.10 Å². The third-order valence-corrected chi connectivity index (χ3v) is 1.85. The molecule has 6 heteroatoms. The largest absolute Gasteiger partial charge is 0.357 e. The van der Waals surface area contributed by atoms with E-state index in [1.807, 2.05) is 6.07 Å². The van der Waals surface area contributed by atoms with Crippen LogP contribution in [0.2, 0.25) is 0 Å². The normalized spacial score (nSPS) is 10.8. The zero-order chi connectivity index (χ0) is 10.9. The van der Waals surface area contributed by atoms with Gasteiger partial charge in [0.25, 0.3) is 0 Å². The average molecular weight is 337 g/mol. The summed E-state index contributed by atoms with van der Waals surface area (Å²) in [6.45, 7) is 6.62. The minimum atomic E-state index is 0. The summed E-state index contributed by atoms with van der Waals surface area (Å²) in [4.78, 5) is 4.42. The molecule has 0 saturated heterocycles. The molecule has 0 aliphatic carbocycles. The molecule has 0 radical (unpaired) electrons. The number of aliphatic imine (C=N–C) groups is 1. The van der Waals surface area contributed by atoms with Crippen LogP contribution < -0.4 is 10.6 Å². The molecule has 0 aliphatic heterocycles. The maximum Gasteiger partial charge on any atom is 0.191 e. The number of H-pyrrole nitrogens is 1. The van der Waals surface area contributed by atoms with Crippen LogP contribution >= 0.6 is 24.0 Å². The fourth-order valence-corrected chi connectivity index (χ4v) is 1.12. The predicted octanol–water partition coefficient (Wildman–Crippen LogP) is 1.49. The number of nitrogens with zero attached hydrogens (tertiary/aromatic N) is 2. The summed E-state index contributed by atoms with van der Waals surface area (Å²) in [5.74, 6) is 0.856. The zero-order valence-corrected chi connectivity index (χ0v) is 12.1. The van der Waals surface area contributed by atoms with Crippen LogP contribution in [0.3, 0.4) is 0 Å². The standard InChI is InChI=1S/C10H19N5.HI/c1-3-6-12-10(11-4-2)13-8-9-5-7-14-15-9;/h5,7H,3-4,6,8H2,1-2H3,(H,14,15)(H2,11,12,13);1H. The van der Waals surface area contributed by atoms with Gasteiger partial charge in [0.2, 0.25) is 0 Å². The molecule has 16 heavy (non-hydrogen) atoms. The summed E-state index contributed by atoms with van der Waals surface area (Å²) in [6, 6.07) is 1.92. The Balaban J connectivity index is 0.00000225. The van der Waals surface area contributed by atoms with Crippen molar-refractivity contribution in [3.05, 3.63) is 18.0 Å². The highest BCUT2D eigenvalue weighted by Gasteiger charge is 1.96. The Bertz CT molecular complexity index is 283. The van der Waals surface area contributed by atoms with Crippen LogP contribution in [0.5, 0.6) is 0 Å². The molecule has 0 atom stereocenters. The summed E-state index contributed by atoms with van der Waals surface area (Å²) >= 11 is 0. The van der Waals surface area contributed by atoms with Crippen molar-refractivity contribution in [3.63, 3.8) is 0 Å². The molecule has 92 valence electrons. The average Bonchev–Trinajstić information content (AvgIpc) is 2.75. The molecule has 1 aromatic rings. The van der Waals surface area contributed by atoms with Gasteiger partial charge in [-0.05, 0) is 19.4 Å². The number of halogens is 1. The van der Waals surface area contributed by atoms with Crippen LogP contribution in [0.15, 0.2) is 17.3 Å². The van der Waals surface area contributed by atoms with E-state index in [1.165, 1.54) is 0 Å². The first-order valence-corrected chi connectivity index (χ1v) is 5.37. The molecule has 1 heterocycles. The number of rotatable bonds is 5. The molecule has 0 saturated carbocycles. The number of hydrogen-bond donors (Lipinski definition) is 3. The molecule has 0 spiro atoms. The van der Waals surface area contributed by atoms with Crippen molar-refractivity contribution >= 4 is 29.9 Å². The predicted molar refractivity (Wildman–Crippen MR) is 77.1 cm³/mol. The lowest BCUT2D eigenvalue weighted by atomic mass is 10.4. The van der Waals surface area contributed by atoms with Crippen molar-refractivity contribution in [3.8, 4) is 0 Å². The lowest BCUT2D eigenvalue weighted by molar-refractivity contribution is 0.782. The van der Waals surface area contributed by atoms with Crippen LogP contribution in [-0.2, 0) is 6.54 Å². The maximum absolute atomic E-state index is 4.42. The first kappa shape index (κ1) is 15.2. The Morgan fingerprint density at radius 1 is 1.44 bits per heavy atom. The van der Waals surface area contributed by atoms with Gasteiger partial charge in [-0.15, -0.1) is 24.0 Å². The number of aromatic amines is 1. The molecule has 0 aliphatic rings.